The van der Waals surface area contributed by atoms with Crippen LogP contribution in [-0.2, 0) is 4.74 Å². The molecule has 17 heavy (non-hydrogen) atoms. The predicted octanol–water partition coefficient (Wildman–Crippen LogP) is 1.84. The molecule has 1 amide bonds. The molecule has 0 aromatic rings. The lowest BCUT2D eigenvalue weighted by Crippen LogP contribution is -2.39. The molecule has 4 nitrogen and oxygen atoms in total. The van der Waals surface area contributed by atoms with Crippen molar-refractivity contribution in [3.05, 3.63) is 0 Å². The number of ether oxygens (including phenoxy) is 1. The summed E-state index contributed by atoms with van der Waals surface area (Å²) < 4.78 is 5.20. The zero-order chi connectivity index (χ0) is 12.9. The molecule has 1 saturated heterocycles. The molecular weight excluding hydrogens is 236 g/mol. The second-order valence-corrected chi connectivity index (χ2v) is 6.65. The van der Waals surface area contributed by atoms with Gasteiger partial charge in [-0.1, -0.05) is 0 Å². The van der Waals surface area contributed by atoms with Crippen molar-refractivity contribution in [3.63, 3.8) is 0 Å². The molecule has 0 spiro atoms. The fourth-order valence-corrected chi connectivity index (χ4v) is 3.27. The Morgan fingerprint density at radius 1 is 1.59 bits per heavy atom. The number of hydrogen-bond donors (Lipinski definition) is 2. The largest absolute Gasteiger partial charge is 0.444 e. The molecule has 2 atom stereocenters. The summed E-state index contributed by atoms with van der Waals surface area (Å²) >= 11 is 1.97. The van der Waals surface area contributed by atoms with Crippen molar-refractivity contribution in [2.24, 2.45) is 17.6 Å². The molecule has 2 unspecified atom stereocenters. The molecule has 3 N–H and O–H groups in total. The number of hydrogen-bond acceptors (Lipinski definition) is 4. The van der Waals surface area contributed by atoms with Crippen LogP contribution in [0.4, 0.5) is 4.79 Å². The first kappa shape index (κ1) is 14.6. The van der Waals surface area contributed by atoms with Crippen molar-refractivity contribution in [2.75, 3.05) is 24.6 Å². The van der Waals surface area contributed by atoms with Crippen LogP contribution in [0.15, 0.2) is 0 Å². The summed E-state index contributed by atoms with van der Waals surface area (Å²) in [6.07, 6.45) is 0.865. The predicted molar refractivity (Wildman–Crippen MR) is 72.2 cm³/mol. The SMILES string of the molecule is CC(C)(C)OC(=O)NCC(CN)C1CCSC1. The van der Waals surface area contributed by atoms with Gasteiger partial charge in [-0.15, -0.1) is 0 Å². The monoisotopic (exact) mass is 260 g/mol. The van der Waals surface area contributed by atoms with Gasteiger partial charge < -0.3 is 15.8 Å². The highest BCUT2D eigenvalue weighted by atomic mass is 32.2. The van der Waals surface area contributed by atoms with E-state index in [-0.39, 0.29) is 6.09 Å². The normalized spacial score (nSPS) is 22.2. The van der Waals surface area contributed by atoms with E-state index < -0.39 is 5.60 Å². The second-order valence-electron chi connectivity index (χ2n) is 5.50. The molecule has 1 fully saturated rings. The minimum absolute atomic E-state index is 0.346. The molecule has 0 aromatic heterocycles. The van der Waals surface area contributed by atoms with Crippen molar-refractivity contribution in [3.8, 4) is 0 Å². The quantitative estimate of drug-likeness (QED) is 0.809. The van der Waals surface area contributed by atoms with Crippen molar-refractivity contribution in [2.45, 2.75) is 32.8 Å². The van der Waals surface area contributed by atoms with E-state index in [0.29, 0.717) is 24.9 Å². The van der Waals surface area contributed by atoms with Crippen LogP contribution in [0.1, 0.15) is 27.2 Å². The summed E-state index contributed by atoms with van der Waals surface area (Å²) in [5, 5.41) is 2.82. The lowest BCUT2D eigenvalue weighted by Gasteiger charge is -2.24. The first-order valence-corrected chi connectivity index (χ1v) is 7.32. The van der Waals surface area contributed by atoms with Gasteiger partial charge >= 0.3 is 6.09 Å². The van der Waals surface area contributed by atoms with Gasteiger partial charge in [0, 0.05) is 6.54 Å². The Labute approximate surface area is 108 Å². The molecule has 1 heterocycles. The highest BCUT2D eigenvalue weighted by Gasteiger charge is 2.25. The molecule has 0 aromatic carbocycles. The Morgan fingerprint density at radius 2 is 2.29 bits per heavy atom. The molecule has 5 heteroatoms. The summed E-state index contributed by atoms with van der Waals surface area (Å²) in [4.78, 5) is 11.5. The number of amides is 1. The van der Waals surface area contributed by atoms with Gasteiger partial charge in [0.2, 0.25) is 0 Å². The Kier molecular flexibility index (Phi) is 5.59. The Morgan fingerprint density at radius 3 is 2.76 bits per heavy atom. The van der Waals surface area contributed by atoms with Gasteiger partial charge in [0.05, 0.1) is 0 Å². The third kappa shape index (κ3) is 5.64. The van der Waals surface area contributed by atoms with Gasteiger partial charge in [-0.2, -0.15) is 11.8 Å². The fourth-order valence-electron chi connectivity index (χ4n) is 1.90. The van der Waals surface area contributed by atoms with Gasteiger partial charge in [-0.3, -0.25) is 0 Å². The highest BCUT2D eigenvalue weighted by molar-refractivity contribution is 7.99. The molecule has 0 radical (unpaired) electrons. The Balaban J connectivity index is 2.29. The van der Waals surface area contributed by atoms with Gasteiger partial charge in [0.15, 0.2) is 0 Å². The van der Waals surface area contributed by atoms with Crippen LogP contribution in [-0.4, -0.2) is 36.3 Å². The summed E-state index contributed by atoms with van der Waals surface area (Å²) in [5.74, 6) is 3.39. The fraction of sp³-hybridized carbons (Fsp3) is 0.917. The minimum atomic E-state index is -0.439. The third-order valence-electron chi connectivity index (χ3n) is 2.84. The lowest BCUT2D eigenvalue weighted by molar-refractivity contribution is 0.0515. The van der Waals surface area contributed by atoms with Crippen molar-refractivity contribution >= 4 is 17.9 Å². The summed E-state index contributed by atoms with van der Waals surface area (Å²) in [5.41, 5.74) is 5.33. The van der Waals surface area contributed by atoms with Crippen molar-refractivity contribution in [1.29, 1.82) is 0 Å². The number of carbonyl (C=O) groups excluding carboxylic acids is 1. The number of nitrogens with two attached hydrogens (primary N) is 1. The van der Waals surface area contributed by atoms with Gasteiger partial charge in [-0.25, -0.2) is 4.79 Å². The Hall–Kier alpha value is -0.420. The summed E-state index contributed by atoms with van der Waals surface area (Å²) in [6.45, 7) is 6.83. The standard InChI is InChI=1S/C12H24N2O2S/c1-12(2,3)16-11(15)14-7-10(6-13)9-4-5-17-8-9/h9-10H,4-8,13H2,1-3H3,(H,14,15). The van der Waals surface area contributed by atoms with Gasteiger partial charge in [-0.05, 0) is 57.1 Å². The van der Waals surface area contributed by atoms with Crippen LogP contribution in [0.2, 0.25) is 0 Å². The molecule has 1 rings (SSSR count). The summed E-state index contributed by atoms with van der Waals surface area (Å²) in [7, 11) is 0. The van der Waals surface area contributed by atoms with Gasteiger partial charge in [0.1, 0.15) is 5.60 Å². The molecule has 100 valence electrons. The van der Waals surface area contributed by atoms with E-state index in [0.717, 1.165) is 5.75 Å². The number of carbonyl (C=O) groups is 1. The first-order valence-electron chi connectivity index (χ1n) is 6.17. The first-order chi connectivity index (χ1) is 7.92. The van der Waals surface area contributed by atoms with Crippen molar-refractivity contribution < 1.29 is 9.53 Å². The van der Waals surface area contributed by atoms with E-state index >= 15 is 0 Å². The van der Waals surface area contributed by atoms with Crippen LogP contribution < -0.4 is 11.1 Å². The van der Waals surface area contributed by atoms with E-state index in [1.165, 1.54) is 12.2 Å². The smallest absolute Gasteiger partial charge is 0.407 e. The van der Waals surface area contributed by atoms with Crippen LogP contribution in [0.3, 0.4) is 0 Å². The van der Waals surface area contributed by atoms with E-state index in [2.05, 4.69) is 5.32 Å². The van der Waals surface area contributed by atoms with E-state index in [1.54, 1.807) is 0 Å². The third-order valence-corrected chi connectivity index (χ3v) is 4.03. The van der Waals surface area contributed by atoms with Crippen LogP contribution >= 0.6 is 11.8 Å². The van der Waals surface area contributed by atoms with Crippen LogP contribution in [0.5, 0.6) is 0 Å². The Bertz CT molecular complexity index is 247. The van der Waals surface area contributed by atoms with Crippen LogP contribution in [0, 0.1) is 11.8 Å². The second kappa shape index (κ2) is 6.50. The zero-order valence-electron chi connectivity index (χ0n) is 11.0. The summed E-state index contributed by atoms with van der Waals surface area (Å²) in [6, 6.07) is 0. The number of nitrogens with one attached hydrogen (secondary N) is 1. The maximum absolute atomic E-state index is 11.5. The molecule has 0 bridgehead atoms. The minimum Gasteiger partial charge on any atom is -0.444 e. The number of rotatable bonds is 4. The zero-order valence-corrected chi connectivity index (χ0v) is 11.8. The maximum atomic E-state index is 11.5. The van der Waals surface area contributed by atoms with E-state index in [1.807, 2.05) is 32.5 Å². The van der Waals surface area contributed by atoms with Gasteiger partial charge in [0.25, 0.3) is 0 Å². The molecule has 0 saturated carbocycles. The van der Waals surface area contributed by atoms with E-state index in [4.69, 9.17) is 10.5 Å². The molecule has 1 aliphatic heterocycles. The molecule has 1 aliphatic rings. The van der Waals surface area contributed by atoms with Crippen LogP contribution in [0.25, 0.3) is 0 Å². The topological polar surface area (TPSA) is 64.3 Å². The number of alkyl carbamates (subject to hydrolysis) is 1. The highest BCUT2D eigenvalue weighted by Crippen LogP contribution is 2.29. The van der Waals surface area contributed by atoms with Crippen molar-refractivity contribution in [1.82, 2.24) is 5.32 Å². The maximum Gasteiger partial charge on any atom is 0.407 e. The lowest BCUT2D eigenvalue weighted by atomic mass is 9.92. The number of thioether (sulfide) groups is 1. The average Bonchev–Trinajstić information content (AvgIpc) is 2.69. The average molecular weight is 260 g/mol. The van der Waals surface area contributed by atoms with E-state index in [9.17, 15) is 4.79 Å². The molecule has 0 aliphatic carbocycles. The molecular formula is C12H24N2O2S.